The van der Waals surface area contributed by atoms with Crippen LogP contribution in [0.5, 0.6) is 0 Å². The quantitative estimate of drug-likeness (QED) is 0.904. The summed E-state index contributed by atoms with van der Waals surface area (Å²) in [5.74, 6) is -0.236. The maximum atomic E-state index is 12.1. The molecule has 1 unspecified atom stereocenters. The monoisotopic (exact) mass is 292 g/mol. The van der Waals surface area contributed by atoms with Crippen LogP contribution < -0.4 is 11.1 Å². The van der Waals surface area contributed by atoms with E-state index < -0.39 is 6.04 Å². The van der Waals surface area contributed by atoms with Crippen LogP contribution in [0.15, 0.2) is 36.7 Å². The maximum absolute atomic E-state index is 12.1. The van der Waals surface area contributed by atoms with Crippen molar-refractivity contribution in [3.63, 3.8) is 0 Å². The third-order valence-electron chi connectivity index (χ3n) is 3.10. The first-order valence-electron chi connectivity index (χ1n) is 6.27. The summed E-state index contributed by atoms with van der Waals surface area (Å²) >= 11 is 5.84. The highest BCUT2D eigenvalue weighted by molar-refractivity contribution is 6.30. The Hall–Kier alpha value is -1.85. The van der Waals surface area contributed by atoms with Crippen molar-refractivity contribution in [2.75, 3.05) is 0 Å². The van der Waals surface area contributed by atoms with E-state index in [1.165, 1.54) is 0 Å². The fraction of sp³-hybridized carbons (Fsp3) is 0.286. The molecule has 1 amide bonds. The van der Waals surface area contributed by atoms with E-state index in [1.54, 1.807) is 36.3 Å². The fourth-order valence-corrected chi connectivity index (χ4v) is 2.02. The van der Waals surface area contributed by atoms with Gasteiger partial charge in [0.25, 0.3) is 0 Å². The molecule has 1 aromatic carbocycles. The highest BCUT2D eigenvalue weighted by Crippen LogP contribution is 2.17. The summed E-state index contributed by atoms with van der Waals surface area (Å²) in [7, 11) is 1.78. The topological polar surface area (TPSA) is 72.9 Å². The zero-order chi connectivity index (χ0) is 14.7. The molecule has 0 aliphatic heterocycles. The van der Waals surface area contributed by atoms with Crippen LogP contribution >= 0.6 is 11.6 Å². The Morgan fingerprint density at radius 3 is 2.55 bits per heavy atom. The van der Waals surface area contributed by atoms with Gasteiger partial charge in [-0.25, -0.2) is 0 Å². The van der Waals surface area contributed by atoms with Gasteiger partial charge in [-0.05, 0) is 24.6 Å². The standard InChI is InChI=1S/C14H17ClN4O/c1-9(10-3-5-12(15)6-4-10)18-14(20)13(16)11-7-17-19(2)8-11/h3-9,13H,16H2,1-2H3,(H,18,20)/t9-,13?/m0/s1. The second-order valence-electron chi connectivity index (χ2n) is 4.71. The Labute approximate surface area is 122 Å². The molecule has 106 valence electrons. The summed E-state index contributed by atoms with van der Waals surface area (Å²) in [6.45, 7) is 1.90. The summed E-state index contributed by atoms with van der Waals surface area (Å²) in [4.78, 5) is 12.1. The number of rotatable bonds is 4. The van der Waals surface area contributed by atoms with Crippen molar-refractivity contribution in [3.05, 3.63) is 52.8 Å². The van der Waals surface area contributed by atoms with Crippen LogP contribution in [0.25, 0.3) is 0 Å². The predicted octanol–water partition coefficient (Wildman–Crippen LogP) is 1.95. The van der Waals surface area contributed by atoms with Gasteiger partial charge in [0.1, 0.15) is 6.04 Å². The van der Waals surface area contributed by atoms with Crippen molar-refractivity contribution < 1.29 is 4.79 Å². The van der Waals surface area contributed by atoms with Gasteiger partial charge in [0.15, 0.2) is 0 Å². The van der Waals surface area contributed by atoms with E-state index in [2.05, 4.69) is 10.4 Å². The number of carbonyl (C=O) groups excluding carboxylic acids is 1. The Morgan fingerprint density at radius 1 is 1.35 bits per heavy atom. The SMILES string of the molecule is C[C@H](NC(=O)C(N)c1cnn(C)c1)c1ccc(Cl)cc1. The van der Waals surface area contributed by atoms with E-state index in [-0.39, 0.29) is 11.9 Å². The van der Waals surface area contributed by atoms with Crippen LogP contribution in [0.2, 0.25) is 5.02 Å². The first kappa shape index (κ1) is 14.6. The minimum atomic E-state index is -0.724. The molecule has 2 rings (SSSR count). The number of aromatic nitrogens is 2. The van der Waals surface area contributed by atoms with Gasteiger partial charge in [0, 0.05) is 23.8 Å². The minimum absolute atomic E-state index is 0.137. The molecule has 0 saturated carbocycles. The maximum Gasteiger partial charge on any atom is 0.242 e. The Morgan fingerprint density at radius 2 is 2.00 bits per heavy atom. The zero-order valence-corrected chi connectivity index (χ0v) is 12.1. The molecule has 2 atom stereocenters. The normalized spacial score (nSPS) is 13.8. The molecule has 1 aromatic heterocycles. The van der Waals surface area contributed by atoms with E-state index in [1.807, 2.05) is 19.1 Å². The number of carbonyl (C=O) groups is 1. The molecule has 5 nitrogen and oxygen atoms in total. The number of nitrogens with zero attached hydrogens (tertiary/aromatic N) is 2. The first-order valence-corrected chi connectivity index (χ1v) is 6.65. The van der Waals surface area contributed by atoms with Gasteiger partial charge in [0.2, 0.25) is 5.91 Å². The number of benzene rings is 1. The highest BCUT2D eigenvalue weighted by atomic mass is 35.5. The molecular weight excluding hydrogens is 276 g/mol. The van der Waals surface area contributed by atoms with Crippen molar-refractivity contribution in [1.29, 1.82) is 0 Å². The molecule has 0 saturated heterocycles. The predicted molar refractivity (Wildman–Crippen MR) is 78.1 cm³/mol. The van der Waals surface area contributed by atoms with Gasteiger partial charge < -0.3 is 11.1 Å². The van der Waals surface area contributed by atoms with E-state index in [9.17, 15) is 4.79 Å². The summed E-state index contributed by atoms with van der Waals surface area (Å²) in [6.07, 6.45) is 3.33. The van der Waals surface area contributed by atoms with Gasteiger partial charge in [-0.2, -0.15) is 5.10 Å². The van der Waals surface area contributed by atoms with Crippen LogP contribution in [-0.2, 0) is 11.8 Å². The lowest BCUT2D eigenvalue weighted by molar-refractivity contribution is -0.123. The number of nitrogens with two attached hydrogens (primary N) is 1. The van der Waals surface area contributed by atoms with Crippen molar-refractivity contribution in [1.82, 2.24) is 15.1 Å². The minimum Gasteiger partial charge on any atom is -0.348 e. The molecule has 0 spiro atoms. The zero-order valence-electron chi connectivity index (χ0n) is 11.4. The highest BCUT2D eigenvalue weighted by Gasteiger charge is 2.19. The van der Waals surface area contributed by atoms with Crippen molar-refractivity contribution in [2.24, 2.45) is 12.8 Å². The van der Waals surface area contributed by atoms with Crippen LogP contribution in [-0.4, -0.2) is 15.7 Å². The average molecular weight is 293 g/mol. The summed E-state index contributed by atoms with van der Waals surface area (Å²) in [5.41, 5.74) is 7.58. The lowest BCUT2D eigenvalue weighted by Gasteiger charge is -2.17. The smallest absolute Gasteiger partial charge is 0.242 e. The third-order valence-corrected chi connectivity index (χ3v) is 3.35. The number of aryl methyl sites for hydroxylation is 1. The molecular formula is C14H17ClN4O. The van der Waals surface area contributed by atoms with E-state index in [0.717, 1.165) is 5.56 Å². The van der Waals surface area contributed by atoms with E-state index >= 15 is 0 Å². The molecule has 0 bridgehead atoms. The Bertz CT molecular complexity index is 593. The average Bonchev–Trinajstić information content (AvgIpc) is 2.85. The second kappa shape index (κ2) is 6.07. The third kappa shape index (κ3) is 3.37. The van der Waals surface area contributed by atoms with Crippen LogP contribution in [0, 0.1) is 0 Å². The molecule has 0 aliphatic rings. The second-order valence-corrected chi connectivity index (χ2v) is 5.14. The molecule has 3 N–H and O–H groups in total. The van der Waals surface area contributed by atoms with Gasteiger partial charge in [-0.15, -0.1) is 0 Å². The number of hydrogen-bond acceptors (Lipinski definition) is 3. The molecule has 2 aromatic rings. The largest absolute Gasteiger partial charge is 0.348 e. The van der Waals surface area contributed by atoms with Crippen molar-refractivity contribution >= 4 is 17.5 Å². The van der Waals surface area contributed by atoms with Crippen LogP contribution in [0.3, 0.4) is 0 Å². The first-order chi connectivity index (χ1) is 9.47. The van der Waals surface area contributed by atoms with Gasteiger partial charge in [0.05, 0.1) is 12.2 Å². The molecule has 0 fully saturated rings. The summed E-state index contributed by atoms with van der Waals surface area (Å²) < 4.78 is 1.62. The van der Waals surface area contributed by atoms with Crippen molar-refractivity contribution in [2.45, 2.75) is 19.0 Å². The molecule has 0 aliphatic carbocycles. The fourth-order valence-electron chi connectivity index (χ4n) is 1.89. The lowest BCUT2D eigenvalue weighted by Crippen LogP contribution is -2.35. The Kier molecular flexibility index (Phi) is 4.42. The van der Waals surface area contributed by atoms with E-state index in [0.29, 0.717) is 10.6 Å². The molecule has 6 heteroatoms. The molecule has 20 heavy (non-hydrogen) atoms. The molecule has 1 heterocycles. The van der Waals surface area contributed by atoms with E-state index in [4.69, 9.17) is 17.3 Å². The number of amides is 1. The number of halogens is 1. The van der Waals surface area contributed by atoms with Gasteiger partial charge in [-0.1, -0.05) is 23.7 Å². The number of nitrogens with one attached hydrogen (secondary N) is 1. The van der Waals surface area contributed by atoms with Crippen LogP contribution in [0.4, 0.5) is 0 Å². The van der Waals surface area contributed by atoms with Gasteiger partial charge >= 0.3 is 0 Å². The lowest BCUT2D eigenvalue weighted by atomic mass is 10.1. The molecule has 0 radical (unpaired) electrons. The summed E-state index contributed by atoms with van der Waals surface area (Å²) in [6, 6.07) is 6.48. The Balaban J connectivity index is 2.02. The van der Waals surface area contributed by atoms with Crippen LogP contribution in [0.1, 0.15) is 30.1 Å². The number of hydrogen-bond donors (Lipinski definition) is 2. The summed E-state index contributed by atoms with van der Waals surface area (Å²) in [5, 5.41) is 7.55. The van der Waals surface area contributed by atoms with Gasteiger partial charge in [-0.3, -0.25) is 9.48 Å². The van der Waals surface area contributed by atoms with Crippen molar-refractivity contribution in [3.8, 4) is 0 Å².